The predicted molar refractivity (Wildman–Crippen MR) is 66.0 cm³/mol. The van der Waals surface area contributed by atoms with E-state index < -0.39 is 0 Å². The van der Waals surface area contributed by atoms with E-state index in [-0.39, 0.29) is 0 Å². The zero-order chi connectivity index (χ0) is 11.4. The van der Waals surface area contributed by atoms with Gasteiger partial charge in [-0.05, 0) is 31.8 Å². The van der Waals surface area contributed by atoms with Gasteiger partial charge in [-0.3, -0.25) is 0 Å². The van der Waals surface area contributed by atoms with Gasteiger partial charge in [-0.2, -0.15) is 0 Å². The molecule has 1 aromatic rings. The van der Waals surface area contributed by atoms with Gasteiger partial charge in [-0.15, -0.1) is 0 Å². The predicted octanol–water partition coefficient (Wildman–Crippen LogP) is 1.78. The molecular weight excluding hydrogens is 222 g/mol. The van der Waals surface area contributed by atoms with Crippen molar-refractivity contribution >= 4 is 12.2 Å². The fourth-order valence-electron chi connectivity index (χ4n) is 1.96. The van der Waals surface area contributed by atoms with Crippen LogP contribution in [0.1, 0.15) is 18.2 Å². The number of ether oxygens (including phenoxy) is 1. The lowest BCUT2D eigenvalue weighted by molar-refractivity contribution is 0.177. The Bertz CT molecular complexity index is 421. The fourth-order valence-corrected chi connectivity index (χ4v) is 2.28. The highest BCUT2D eigenvalue weighted by Crippen LogP contribution is 2.20. The highest BCUT2D eigenvalue weighted by atomic mass is 32.1. The first kappa shape index (κ1) is 11.4. The van der Waals surface area contributed by atoms with Crippen molar-refractivity contribution in [1.82, 2.24) is 14.9 Å². The number of H-pyrrole nitrogens is 1. The van der Waals surface area contributed by atoms with Crippen LogP contribution in [0.2, 0.25) is 0 Å². The minimum Gasteiger partial charge on any atom is -0.499 e. The molecular formula is C11H17N3OS. The highest BCUT2D eigenvalue weighted by Gasteiger charge is 2.16. The van der Waals surface area contributed by atoms with Crippen molar-refractivity contribution in [1.29, 1.82) is 0 Å². The Kier molecular flexibility index (Phi) is 3.79. The van der Waals surface area contributed by atoms with Crippen LogP contribution in [0.5, 0.6) is 0 Å². The van der Waals surface area contributed by atoms with E-state index in [9.17, 15) is 0 Å². The Morgan fingerprint density at radius 2 is 2.56 bits per heavy atom. The summed E-state index contributed by atoms with van der Waals surface area (Å²) in [5.74, 6) is 0. The van der Waals surface area contributed by atoms with Crippen molar-refractivity contribution in [3.63, 3.8) is 0 Å². The molecule has 88 valence electrons. The number of nitrogens with one attached hydrogen (secondary N) is 2. The third-order valence-electron chi connectivity index (χ3n) is 2.78. The summed E-state index contributed by atoms with van der Waals surface area (Å²) in [7, 11) is 1.96. The topological polar surface area (TPSA) is 42.0 Å². The van der Waals surface area contributed by atoms with E-state index in [2.05, 4.69) is 14.9 Å². The third kappa shape index (κ3) is 2.36. The van der Waals surface area contributed by atoms with E-state index in [1.54, 1.807) is 6.26 Å². The molecule has 2 N–H and O–H groups in total. The van der Waals surface area contributed by atoms with Crippen LogP contribution < -0.4 is 5.32 Å². The molecule has 4 nitrogen and oxygen atoms in total. The van der Waals surface area contributed by atoms with Gasteiger partial charge in [0.25, 0.3) is 0 Å². The lowest BCUT2D eigenvalue weighted by Gasteiger charge is -2.22. The zero-order valence-corrected chi connectivity index (χ0v) is 10.2. The van der Waals surface area contributed by atoms with Crippen molar-refractivity contribution in [2.24, 2.45) is 0 Å². The van der Waals surface area contributed by atoms with Crippen molar-refractivity contribution < 1.29 is 4.74 Å². The molecule has 1 aliphatic heterocycles. The fraction of sp³-hybridized carbons (Fsp3) is 0.545. The summed E-state index contributed by atoms with van der Waals surface area (Å²) in [4.78, 5) is 3.11. The molecule has 2 rings (SSSR count). The van der Waals surface area contributed by atoms with Crippen LogP contribution in [-0.4, -0.2) is 29.8 Å². The first-order valence-corrected chi connectivity index (χ1v) is 5.93. The second-order valence-electron chi connectivity index (χ2n) is 3.90. The van der Waals surface area contributed by atoms with Crippen LogP contribution in [0.3, 0.4) is 0 Å². The normalized spacial score (nSPS) is 19.7. The van der Waals surface area contributed by atoms with Crippen LogP contribution >= 0.6 is 12.2 Å². The number of likely N-dealkylation sites (N-methyl/N-ethyl adjacent to an activating group) is 1. The van der Waals surface area contributed by atoms with Gasteiger partial charge in [0.1, 0.15) is 6.61 Å². The summed E-state index contributed by atoms with van der Waals surface area (Å²) in [5.41, 5.74) is 1.24. The van der Waals surface area contributed by atoms with E-state index in [1.807, 2.05) is 19.3 Å². The summed E-state index contributed by atoms with van der Waals surface area (Å²) in [6, 6.07) is 0.329. The quantitative estimate of drug-likeness (QED) is 0.787. The molecule has 1 atom stereocenters. The standard InChI is InChI=1S/C11H17N3OS/c1-12-5-4-9-7-13-11(16)14(9)10-3-2-6-15-8-10/h2,6-7,10,12H,3-5,8H2,1H3,(H,13,16). The molecule has 0 spiro atoms. The van der Waals surface area contributed by atoms with E-state index in [0.717, 1.165) is 24.2 Å². The molecule has 0 aromatic carbocycles. The maximum atomic E-state index is 5.34. The summed E-state index contributed by atoms with van der Waals surface area (Å²) >= 11 is 5.31. The number of nitrogens with zero attached hydrogens (tertiary/aromatic N) is 1. The van der Waals surface area contributed by atoms with E-state index >= 15 is 0 Å². The molecule has 0 radical (unpaired) electrons. The lowest BCUT2D eigenvalue weighted by Crippen LogP contribution is -2.20. The molecule has 5 heteroatoms. The first-order chi connectivity index (χ1) is 7.83. The molecule has 16 heavy (non-hydrogen) atoms. The van der Waals surface area contributed by atoms with Crippen molar-refractivity contribution in [2.75, 3.05) is 20.2 Å². The minimum absolute atomic E-state index is 0.329. The Hall–Kier alpha value is -1.07. The second-order valence-corrected chi connectivity index (χ2v) is 4.29. The lowest BCUT2D eigenvalue weighted by atomic mass is 10.2. The van der Waals surface area contributed by atoms with Gasteiger partial charge >= 0.3 is 0 Å². The molecule has 0 fully saturated rings. The molecule has 0 amide bonds. The largest absolute Gasteiger partial charge is 0.499 e. The number of aromatic amines is 1. The third-order valence-corrected chi connectivity index (χ3v) is 3.09. The van der Waals surface area contributed by atoms with Gasteiger partial charge in [0, 0.05) is 24.9 Å². The number of hydrogen-bond donors (Lipinski definition) is 2. The van der Waals surface area contributed by atoms with Gasteiger partial charge in [-0.1, -0.05) is 0 Å². The average molecular weight is 239 g/mol. The van der Waals surface area contributed by atoms with Gasteiger partial charge in [0.05, 0.1) is 12.3 Å². The van der Waals surface area contributed by atoms with Gasteiger partial charge in [0.2, 0.25) is 0 Å². The molecule has 0 aliphatic carbocycles. The van der Waals surface area contributed by atoms with Crippen molar-refractivity contribution in [2.45, 2.75) is 18.9 Å². The first-order valence-electron chi connectivity index (χ1n) is 5.53. The second kappa shape index (κ2) is 5.32. The summed E-state index contributed by atoms with van der Waals surface area (Å²) < 4.78 is 8.31. The molecule has 0 bridgehead atoms. The molecule has 1 unspecified atom stereocenters. The Morgan fingerprint density at radius 3 is 3.25 bits per heavy atom. The summed E-state index contributed by atoms with van der Waals surface area (Å²) in [6.45, 7) is 1.66. The smallest absolute Gasteiger partial charge is 0.177 e. The maximum Gasteiger partial charge on any atom is 0.177 e. The van der Waals surface area contributed by atoms with Crippen molar-refractivity contribution in [3.8, 4) is 0 Å². The minimum atomic E-state index is 0.329. The number of hydrogen-bond acceptors (Lipinski definition) is 3. The Balaban J connectivity index is 2.20. The van der Waals surface area contributed by atoms with Gasteiger partial charge in [0.15, 0.2) is 4.77 Å². The van der Waals surface area contributed by atoms with E-state index in [4.69, 9.17) is 17.0 Å². The molecule has 0 saturated carbocycles. The summed E-state index contributed by atoms with van der Waals surface area (Å²) in [5, 5.41) is 3.15. The molecule has 0 saturated heterocycles. The van der Waals surface area contributed by atoms with Crippen LogP contribution in [0.25, 0.3) is 0 Å². The Labute approximate surface area is 100 Å². The molecule has 1 aromatic heterocycles. The van der Waals surface area contributed by atoms with Gasteiger partial charge < -0.3 is 19.6 Å². The van der Waals surface area contributed by atoms with Crippen LogP contribution in [0.4, 0.5) is 0 Å². The van der Waals surface area contributed by atoms with E-state index in [1.165, 1.54) is 5.69 Å². The van der Waals surface area contributed by atoms with Crippen LogP contribution in [-0.2, 0) is 11.2 Å². The van der Waals surface area contributed by atoms with Crippen LogP contribution in [0, 0.1) is 4.77 Å². The SMILES string of the molecule is CNCCc1c[nH]c(=S)n1C1CC=COC1. The van der Waals surface area contributed by atoms with Crippen molar-refractivity contribution in [3.05, 3.63) is 29.0 Å². The zero-order valence-electron chi connectivity index (χ0n) is 9.40. The highest BCUT2D eigenvalue weighted by molar-refractivity contribution is 7.71. The number of rotatable bonds is 4. The summed E-state index contributed by atoms with van der Waals surface area (Å²) in [6.07, 6.45) is 7.77. The Morgan fingerprint density at radius 1 is 1.69 bits per heavy atom. The number of imidazole rings is 1. The molecule has 2 heterocycles. The number of aromatic nitrogens is 2. The van der Waals surface area contributed by atoms with E-state index in [0.29, 0.717) is 12.6 Å². The van der Waals surface area contributed by atoms with Gasteiger partial charge in [-0.25, -0.2) is 0 Å². The maximum absolute atomic E-state index is 5.34. The number of allylic oxidation sites excluding steroid dienone is 1. The average Bonchev–Trinajstić information content (AvgIpc) is 2.69. The molecule has 1 aliphatic rings. The monoisotopic (exact) mass is 239 g/mol. The van der Waals surface area contributed by atoms with Crippen LogP contribution in [0.15, 0.2) is 18.5 Å².